The number of nitrogens with zero attached hydrogens (tertiary/aromatic N) is 2. The third-order valence-corrected chi connectivity index (χ3v) is 4.21. The number of hydrogen-bond donors (Lipinski definition) is 4. The van der Waals surface area contributed by atoms with Crippen LogP contribution >= 0.6 is 0 Å². The zero-order valence-electron chi connectivity index (χ0n) is 16.0. The minimum Gasteiger partial charge on any atom is -0.390 e. The van der Waals surface area contributed by atoms with Gasteiger partial charge in [0.1, 0.15) is 17.2 Å². The van der Waals surface area contributed by atoms with Crippen molar-refractivity contribution >= 4 is 17.5 Å². The number of halogens is 4. The Bertz CT molecular complexity index is 956. The summed E-state index contributed by atoms with van der Waals surface area (Å²) >= 11 is 0. The number of aromatic nitrogens is 2. The second-order valence-corrected chi connectivity index (χ2v) is 6.49. The molecule has 2 aromatic rings. The minimum absolute atomic E-state index is 0.0383. The van der Waals surface area contributed by atoms with E-state index in [4.69, 9.17) is 5.41 Å². The molecule has 0 aliphatic heterocycles. The van der Waals surface area contributed by atoms with Crippen molar-refractivity contribution in [3.05, 3.63) is 51.1 Å². The highest BCUT2D eigenvalue weighted by molar-refractivity contribution is 6.02. The second-order valence-electron chi connectivity index (χ2n) is 6.49. The summed E-state index contributed by atoms with van der Waals surface area (Å²) in [6.07, 6.45) is -4.49. The molecule has 1 unspecified atom stereocenters. The van der Waals surface area contributed by atoms with Crippen LogP contribution in [0.25, 0.3) is 0 Å². The van der Waals surface area contributed by atoms with Crippen molar-refractivity contribution in [2.75, 3.05) is 30.9 Å². The van der Waals surface area contributed by atoms with Gasteiger partial charge >= 0.3 is 6.18 Å². The number of rotatable bonds is 7. The predicted octanol–water partition coefficient (Wildman–Crippen LogP) is 2.92. The lowest BCUT2D eigenvalue weighted by atomic mass is 10.0. The fraction of sp³-hybridized carbons (Fsp3) is 0.389. The molecule has 0 aliphatic carbocycles. The maximum Gasteiger partial charge on any atom is 0.419 e. The molecule has 1 heterocycles. The first kappa shape index (κ1) is 22.3. The summed E-state index contributed by atoms with van der Waals surface area (Å²) in [6, 6.07) is 1.88. The molecule has 0 radical (unpaired) electrons. The summed E-state index contributed by atoms with van der Waals surface area (Å²) in [6.45, 7) is 0.997. The number of benzene rings is 1. The van der Waals surface area contributed by atoms with Gasteiger partial charge in [-0.15, -0.1) is 0 Å². The highest BCUT2D eigenvalue weighted by atomic mass is 19.4. The van der Waals surface area contributed by atoms with Gasteiger partial charge in [-0.2, -0.15) is 18.2 Å². The van der Waals surface area contributed by atoms with E-state index < -0.39 is 35.8 Å². The van der Waals surface area contributed by atoms with Crippen molar-refractivity contribution in [3.8, 4) is 0 Å². The fourth-order valence-corrected chi connectivity index (χ4v) is 2.70. The van der Waals surface area contributed by atoms with Gasteiger partial charge in [0.05, 0.1) is 23.9 Å². The van der Waals surface area contributed by atoms with Crippen LogP contribution in [0.3, 0.4) is 0 Å². The van der Waals surface area contributed by atoms with E-state index in [0.717, 1.165) is 12.1 Å². The number of hydrogen-bond acceptors (Lipinski definition) is 6. The van der Waals surface area contributed by atoms with Gasteiger partial charge in [-0.3, -0.25) is 9.78 Å². The molecule has 1 aromatic heterocycles. The molecular formula is C18H21F4N5O2. The Hall–Kier alpha value is -2.95. The van der Waals surface area contributed by atoms with Crippen molar-refractivity contribution < 1.29 is 22.7 Å². The summed E-state index contributed by atoms with van der Waals surface area (Å²) in [7, 11) is 3.25. The van der Waals surface area contributed by atoms with Gasteiger partial charge in [-0.25, -0.2) is 4.39 Å². The largest absolute Gasteiger partial charge is 0.419 e. The van der Waals surface area contributed by atoms with Crippen LogP contribution in [-0.4, -0.2) is 41.5 Å². The van der Waals surface area contributed by atoms with E-state index in [1.165, 1.54) is 4.90 Å². The van der Waals surface area contributed by atoms with Crippen LogP contribution in [0.4, 0.5) is 29.3 Å². The van der Waals surface area contributed by atoms with Gasteiger partial charge in [0.2, 0.25) is 5.95 Å². The summed E-state index contributed by atoms with van der Waals surface area (Å²) in [5.74, 6) is -1.28. The zero-order valence-corrected chi connectivity index (χ0v) is 16.0. The van der Waals surface area contributed by atoms with E-state index in [9.17, 15) is 27.5 Å². The van der Waals surface area contributed by atoms with Crippen molar-refractivity contribution in [1.82, 2.24) is 9.97 Å². The van der Waals surface area contributed by atoms with Crippen molar-refractivity contribution in [1.29, 1.82) is 5.41 Å². The summed E-state index contributed by atoms with van der Waals surface area (Å²) < 4.78 is 52.4. The van der Waals surface area contributed by atoms with Crippen LogP contribution in [0, 0.1) is 11.2 Å². The van der Waals surface area contributed by atoms with E-state index in [2.05, 4.69) is 15.3 Å². The lowest BCUT2D eigenvalue weighted by Gasteiger charge is -2.22. The van der Waals surface area contributed by atoms with Gasteiger partial charge < -0.3 is 20.7 Å². The minimum atomic E-state index is -4.81. The Labute approximate surface area is 163 Å². The summed E-state index contributed by atoms with van der Waals surface area (Å²) in [5.41, 5.74) is -2.42. The van der Waals surface area contributed by atoms with Crippen LogP contribution in [0.5, 0.6) is 0 Å². The molecule has 2 rings (SSSR count). The first-order valence-electron chi connectivity index (χ1n) is 8.63. The number of H-pyrrole nitrogens is 1. The van der Waals surface area contributed by atoms with Crippen molar-refractivity contribution in [2.24, 2.45) is 0 Å². The van der Waals surface area contributed by atoms with Crippen LogP contribution in [-0.2, 0) is 6.18 Å². The molecule has 0 fully saturated rings. The van der Waals surface area contributed by atoms with Gasteiger partial charge in [-0.1, -0.05) is 13.0 Å². The number of aliphatic hydroxyl groups excluding tert-OH is 1. The first-order valence-corrected chi connectivity index (χ1v) is 8.63. The number of aromatic amines is 1. The quantitative estimate of drug-likeness (QED) is 0.411. The lowest BCUT2D eigenvalue weighted by Crippen LogP contribution is -2.28. The molecular weight excluding hydrogens is 394 g/mol. The SMILES string of the molecule is CCC(Nc1nc(N(C)C)[nH]c(=O)c1C(=N)CO)c1ccc(C(F)(F)F)c(F)c1. The van der Waals surface area contributed by atoms with Crippen LogP contribution in [0.2, 0.25) is 0 Å². The Morgan fingerprint density at radius 1 is 1.38 bits per heavy atom. The van der Waals surface area contributed by atoms with Crippen LogP contribution in [0.15, 0.2) is 23.0 Å². The third-order valence-electron chi connectivity index (χ3n) is 4.21. The Morgan fingerprint density at radius 2 is 2.03 bits per heavy atom. The molecule has 0 amide bonds. The van der Waals surface area contributed by atoms with Gasteiger partial charge in [0, 0.05) is 14.1 Å². The second kappa shape index (κ2) is 8.60. The van der Waals surface area contributed by atoms with E-state index in [-0.39, 0.29) is 28.6 Å². The van der Waals surface area contributed by atoms with Gasteiger partial charge in [0.15, 0.2) is 0 Å². The highest BCUT2D eigenvalue weighted by Crippen LogP contribution is 2.33. The normalized spacial score (nSPS) is 12.6. The number of nitrogens with one attached hydrogen (secondary N) is 3. The molecule has 1 aromatic carbocycles. The number of aliphatic hydroxyl groups is 1. The van der Waals surface area contributed by atoms with Gasteiger partial charge in [-0.05, 0) is 24.1 Å². The monoisotopic (exact) mass is 415 g/mol. The van der Waals surface area contributed by atoms with E-state index in [0.29, 0.717) is 12.5 Å². The predicted molar refractivity (Wildman–Crippen MR) is 101 cm³/mol. The van der Waals surface area contributed by atoms with Crippen LogP contribution in [0.1, 0.15) is 36.1 Å². The average molecular weight is 415 g/mol. The Morgan fingerprint density at radius 3 is 2.52 bits per heavy atom. The first-order chi connectivity index (χ1) is 13.5. The smallest absolute Gasteiger partial charge is 0.390 e. The molecule has 11 heteroatoms. The topological polar surface area (TPSA) is 105 Å². The molecule has 0 bridgehead atoms. The molecule has 0 aliphatic rings. The van der Waals surface area contributed by atoms with Crippen molar-refractivity contribution in [2.45, 2.75) is 25.6 Å². The maximum atomic E-state index is 14.0. The van der Waals surface area contributed by atoms with E-state index >= 15 is 0 Å². The molecule has 1 atom stereocenters. The highest BCUT2D eigenvalue weighted by Gasteiger charge is 2.34. The summed E-state index contributed by atoms with van der Waals surface area (Å²) in [5, 5.41) is 20.0. The van der Waals surface area contributed by atoms with Crippen molar-refractivity contribution in [3.63, 3.8) is 0 Å². The Kier molecular flexibility index (Phi) is 6.62. The molecule has 7 nitrogen and oxygen atoms in total. The number of alkyl halides is 3. The molecule has 29 heavy (non-hydrogen) atoms. The third kappa shape index (κ3) is 4.91. The standard InChI is InChI=1S/C18H21F4N5O2/c1-4-13(9-5-6-10(11(19)7-9)18(20,21)22)24-15-14(12(23)8-28)16(29)26-17(25-15)27(2)3/h5-7,13,23,28H,4,8H2,1-3H3,(H2,24,25,26,29). The molecule has 158 valence electrons. The zero-order chi connectivity index (χ0) is 21.9. The summed E-state index contributed by atoms with van der Waals surface area (Å²) in [4.78, 5) is 20.6. The molecule has 4 N–H and O–H groups in total. The lowest BCUT2D eigenvalue weighted by molar-refractivity contribution is -0.140. The fourth-order valence-electron chi connectivity index (χ4n) is 2.70. The van der Waals surface area contributed by atoms with E-state index in [1.54, 1.807) is 21.0 Å². The van der Waals surface area contributed by atoms with Gasteiger partial charge in [0.25, 0.3) is 5.56 Å². The Balaban J connectivity index is 2.51. The van der Waals surface area contributed by atoms with Crippen LogP contribution < -0.4 is 15.8 Å². The molecule has 0 spiro atoms. The number of anilines is 2. The maximum absolute atomic E-state index is 14.0. The average Bonchev–Trinajstić information content (AvgIpc) is 2.63. The van der Waals surface area contributed by atoms with E-state index in [1.807, 2.05) is 0 Å². The molecule has 0 saturated carbocycles. The molecule has 0 saturated heterocycles.